The summed E-state index contributed by atoms with van der Waals surface area (Å²) in [5.74, 6) is 0.811. The zero-order valence-corrected chi connectivity index (χ0v) is 12.9. The van der Waals surface area contributed by atoms with Gasteiger partial charge in [0.15, 0.2) is 0 Å². The van der Waals surface area contributed by atoms with E-state index < -0.39 is 0 Å². The van der Waals surface area contributed by atoms with E-state index in [9.17, 15) is 4.79 Å². The smallest absolute Gasteiger partial charge is 0.221 e. The normalized spacial score (nSPS) is 23.6. The van der Waals surface area contributed by atoms with E-state index in [0.717, 1.165) is 32.7 Å². The highest BCUT2D eigenvalue weighted by Crippen LogP contribution is 2.17. The summed E-state index contributed by atoms with van der Waals surface area (Å²) in [5, 5.41) is 6.51. The van der Waals surface area contributed by atoms with E-state index in [1.165, 1.54) is 19.3 Å². The number of likely N-dealkylation sites (N-methyl/N-ethyl adjacent to an activating group) is 1. The Morgan fingerprint density at radius 2 is 2.16 bits per heavy atom. The zero-order chi connectivity index (χ0) is 14.1. The molecule has 0 saturated carbocycles. The first-order valence-electron chi connectivity index (χ1n) is 7.89. The monoisotopic (exact) mass is 269 g/mol. The van der Waals surface area contributed by atoms with Gasteiger partial charge < -0.3 is 15.5 Å². The molecule has 0 bridgehead atoms. The third-order valence-electron chi connectivity index (χ3n) is 4.07. The van der Waals surface area contributed by atoms with Crippen LogP contribution in [0.15, 0.2) is 0 Å². The highest BCUT2D eigenvalue weighted by Gasteiger charge is 2.22. The summed E-state index contributed by atoms with van der Waals surface area (Å²) in [6.07, 6.45) is 4.28. The molecule has 112 valence electrons. The molecular weight excluding hydrogens is 238 g/mol. The largest absolute Gasteiger partial charge is 0.355 e. The van der Waals surface area contributed by atoms with Crippen molar-refractivity contribution in [1.82, 2.24) is 15.5 Å². The van der Waals surface area contributed by atoms with E-state index in [-0.39, 0.29) is 5.91 Å². The Morgan fingerprint density at radius 3 is 2.79 bits per heavy atom. The number of amides is 1. The number of rotatable bonds is 8. The molecule has 19 heavy (non-hydrogen) atoms. The molecule has 1 fully saturated rings. The average Bonchev–Trinajstić information content (AvgIpc) is 2.40. The number of hydrogen-bond acceptors (Lipinski definition) is 3. The minimum atomic E-state index is 0.193. The van der Waals surface area contributed by atoms with Crippen LogP contribution in [0, 0.1) is 5.92 Å². The van der Waals surface area contributed by atoms with Gasteiger partial charge in [-0.3, -0.25) is 4.79 Å². The Balaban J connectivity index is 2.16. The van der Waals surface area contributed by atoms with E-state index in [2.05, 4.69) is 36.3 Å². The average molecular weight is 269 g/mol. The summed E-state index contributed by atoms with van der Waals surface area (Å²) in [5.41, 5.74) is 0. The fourth-order valence-electron chi connectivity index (χ4n) is 2.76. The molecule has 0 spiro atoms. The minimum Gasteiger partial charge on any atom is -0.355 e. The van der Waals surface area contributed by atoms with E-state index in [1.54, 1.807) is 0 Å². The number of nitrogens with one attached hydrogen (secondary N) is 2. The molecule has 1 heterocycles. The van der Waals surface area contributed by atoms with Crippen molar-refractivity contribution in [3.63, 3.8) is 0 Å². The van der Waals surface area contributed by atoms with Crippen molar-refractivity contribution >= 4 is 5.91 Å². The fourth-order valence-corrected chi connectivity index (χ4v) is 2.76. The van der Waals surface area contributed by atoms with Gasteiger partial charge in [-0.25, -0.2) is 0 Å². The van der Waals surface area contributed by atoms with Crippen LogP contribution in [0.1, 0.15) is 46.5 Å². The van der Waals surface area contributed by atoms with Gasteiger partial charge in [0, 0.05) is 25.6 Å². The number of hydrogen-bond donors (Lipinski definition) is 2. The third-order valence-corrected chi connectivity index (χ3v) is 4.07. The van der Waals surface area contributed by atoms with Gasteiger partial charge in [-0.05, 0) is 44.8 Å². The quantitative estimate of drug-likeness (QED) is 0.704. The van der Waals surface area contributed by atoms with Crippen molar-refractivity contribution in [3.8, 4) is 0 Å². The van der Waals surface area contributed by atoms with Crippen LogP contribution in [0.5, 0.6) is 0 Å². The van der Waals surface area contributed by atoms with Crippen molar-refractivity contribution < 1.29 is 4.79 Å². The molecule has 1 aliphatic rings. The second-order valence-corrected chi connectivity index (χ2v) is 5.67. The molecule has 0 aromatic rings. The SMILES string of the molecule is CCCN(CC)CCNC(=O)CC1NCCCC1C. The Hall–Kier alpha value is -0.610. The first kappa shape index (κ1) is 16.4. The maximum absolute atomic E-state index is 11.9. The second kappa shape index (κ2) is 9.32. The molecule has 1 rings (SSSR count). The second-order valence-electron chi connectivity index (χ2n) is 5.67. The van der Waals surface area contributed by atoms with E-state index in [4.69, 9.17) is 0 Å². The van der Waals surface area contributed by atoms with Gasteiger partial charge in [-0.2, -0.15) is 0 Å². The lowest BCUT2D eigenvalue weighted by molar-refractivity contribution is -0.122. The van der Waals surface area contributed by atoms with Crippen LogP contribution in [0.25, 0.3) is 0 Å². The van der Waals surface area contributed by atoms with Gasteiger partial charge in [-0.15, -0.1) is 0 Å². The molecule has 1 amide bonds. The van der Waals surface area contributed by atoms with E-state index >= 15 is 0 Å². The number of piperidine rings is 1. The predicted octanol–water partition coefficient (Wildman–Crippen LogP) is 1.61. The van der Waals surface area contributed by atoms with Crippen LogP contribution in [0.2, 0.25) is 0 Å². The maximum atomic E-state index is 11.9. The molecule has 1 saturated heterocycles. The summed E-state index contributed by atoms with van der Waals surface area (Å²) in [6.45, 7) is 11.6. The van der Waals surface area contributed by atoms with E-state index in [0.29, 0.717) is 18.4 Å². The zero-order valence-electron chi connectivity index (χ0n) is 12.9. The highest BCUT2D eigenvalue weighted by molar-refractivity contribution is 5.76. The molecule has 0 aliphatic carbocycles. The van der Waals surface area contributed by atoms with Gasteiger partial charge in [0.05, 0.1) is 0 Å². The minimum absolute atomic E-state index is 0.193. The van der Waals surface area contributed by atoms with Crippen molar-refractivity contribution in [2.75, 3.05) is 32.7 Å². The maximum Gasteiger partial charge on any atom is 0.221 e. The molecule has 4 nitrogen and oxygen atoms in total. The standard InChI is InChI=1S/C15H31N3O/c1-4-10-18(5-2)11-9-17-15(19)12-14-13(3)7-6-8-16-14/h13-14,16H,4-12H2,1-3H3,(H,17,19). The molecule has 0 radical (unpaired) electrons. The lowest BCUT2D eigenvalue weighted by Gasteiger charge is -2.29. The lowest BCUT2D eigenvalue weighted by atomic mass is 9.90. The molecule has 2 N–H and O–H groups in total. The molecule has 0 aromatic heterocycles. The van der Waals surface area contributed by atoms with Crippen LogP contribution < -0.4 is 10.6 Å². The Morgan fingerprint density at radius 1 is 1.37 bits per heavy atom. The Bertz CT molecular complexity index is 258. The van der Waals surface area contributed by atoms with Gasteiger partial charge in [0.2, 0.25) is 5.91 Å². The summed E-state index contributed by atoms with van der Waals surface area (Å²) < 4.78 is 0. The van der Waals surface area contributed by atoms with E-state index in [1.807, 2.05) is 0 Å². The van der Waals surface area contributed by atoms with Crippen LogP contribution in [0.4, 0.5) is 0 Å². The van der Waals surface area contributed by atoms with Gasteiger partial charge >= 0.3 is 0 Å². The number of carbonyl (C=O) groups is 1. The van der Waals surface area contributed by atoms with Crippen molar-refractivity contribution in [2.24, 2.45) is 5.92 Å². The lowest BCUT2D eigenvalue weighted by Crippen LogP contribution is -2.44. The molecule has 1 aliphatic heterocycles. The molecule has 0 aromatic carbocycles. The number of nitrogens with zero attached hydrogens (tertiary/aromatic N) is 1. The van der Waals surface area contributed by atoms with Crippen LogP contribution in [-0.2, 0) is 4.79 Å². The van der Waals surface area contributed by atoms with Crippen LogP contribution in [0.3, 0.4) is 0 Å². The van der Waals surface area contributed by atoms with Crippen LogP contribution in [-0.4, -0.2) is 49.6 Å². The highest BCUT2D eigenvalue weighted by atomic mass is 16.1. The third kappa shape index (κ3) is 6.39. The Labute approximate surface area is 118 Å². The molecule has 2 atom stereocenters. The Kier molecular flexibility index (Phi) is 8.07. The molecule has 2 unspecified atom stereocenters. The van der Waals surface area contributed by atoms with Gasteiger partial charge in [-0.1, -0.05) is 20.8 Å². The number of carbonyl (C=O) groups excluding carboxylic acids is 1. The van der Waals surface area contributed by atoms with Crippen molar-refractivity contribution in [1.29, 1.82) is 0 Å². The summed E-state index contributed by atoms with van der Waals surface area (Å²) in [7, 11) is 0. The predicted molar refractivity (Wildman–Crippen MR) is 80.2 cm³/mol. The van der Waals surface area contributed by atoms with Crippen molar-refractivity contribution in [2.45, 2.75) is 52.5 Å². The summed E-state index contributed by atoms with van der Waals surface area (Å²) >= 11 is 0. The van der Waals surface area contributed by atoms with Gasteiger partial charge in [0.1, 0.15) is 0 Å². The molecular formula is C15H31N3O. The summed E-state index contributed by atoms with van der Waals surface area (Å²) in [6, 6.07) is 0.367. The van der Waals surface area contributed by atoms with Crippen LogP contribution >= 0.6 is 0 Å². The first-order valence-corrected chi connectivity index (χ1v) is 7.89. The fraction of sp³-hybridized carbons (Fsp3) is 0.933. The molecule has 4 heteroatoms. The van der Waals surface area contributed by atoms with Gasteiger partial charge in [0.25, 0.3) is 0 Å². The summed E-state index contributed by atoms with van der Waals surface area (Å²) in [4.78, 5) is 14.3. The van der Waals surface area contributed by atoms with Crippen molar-refractivity contribution in [3.05, 3.63) is 0 Å². The topological polar surface area (TPSA) is 44.4 Å². The first-order chi connectivity index (χ1) is 9.17.